The van der Waals surface area contributed by atoms with E-state index in [0.717, 1.165) is 11.8 Å². The average Bonchev–Trinajstić information content (AvgIpc) is 2.36. The van der Waals surface area contributed by atoms with Gasteiger partial charge in [-0.25, -0.2) is 0 Å². The maximum absolute atomic E-state index is 11.4. The van der Waals surface area contributed by atoms with Gasteiger partial charge in [0.15, 0.2) is 0 Å². The lowest BCUT2D eigenvalue weighted by atomic mass is 10.1. The second-order valence-electron chi connectivity index (χ2n) is 5.52. The van der Waals surface area contributed by atoms with Gasteiger partial charge >= 0.3 is 5.97 Å². The summed E-state index contributed by atoms with van der Waals surface area (Å²) >= 11 is 0. The number of aldehydes is 1. The van der Waals surface area contributed by atoms with Crippen molar-refractivity contribution in [1.29, 1.82) is 0 Å². The molecule has 0 saturated heterocycles. The van der Waals surface area contributed by atoms with E-state index in [9.17, 15) is 9.59 Å². The summed E-state index contributed by atoms with van der Waals surface area (Å²) in [5, 5.41) is 0. The minimum Gasteiger partial charge on any atom is -0.460 e. The Morgan fingerprint density at radius 2 is 1.90 bits per heavy atom. The largest absolute Gasteiger partial charge is 0.460 e. The molecule has 0 unspecified atom stereocenters. The summed E-state index contributed by atoms with van der Waals surface area (Å²) in [7, 11) is 0. The predicted molar refractivity (Wildman–Crippen MR) is 76.8 cm³/mol. The van der Waals surface area contributed by atoms with Crippen LogP contribution in [0.4, 0.5) is 0 Å². The Morgan fingerprint density at radius 3 is 2.55 bits per heavy atom. The van der Waals surface area contributed by atoms with Gasteiger partial charge in [0, 0.05) is 5.56 Å². The Labute approximate surface area is 120 Å². The Hall–Kier alpha value is -1.68. The van der Waals surface area contributed by atoms with Gasteiger partial charge in [-0.2, -0.15) is 0 Å². The maximum atomic E-state index is 11.4. The lowest BCUT2D eigenvalue weighted by Crippen LogP contribution is -2.24. The lowest BCUT2D eigenvalue weighted by Gasteiger charge is -2.19. The molecule has 20 heavy (non-hydrogen) atoms. The lowest BCUT2D eigenvalue weighted by molar-refractivity contribution is -0.156. The predicted octanol–water partition coefficient (Wildman–Crippen LogP) is 2.79. The number of carbonyl (C=O) groups is 2. The minimum absolute atomic E-state index is 0.243. The SMILES string of the molecule is CC(C)(C)OC(=O)CCOCCc1ccccc1C=O. The van der Waals surface area contributed by atoms with Crippen molar-refractivity contribution in [1.82, 2.24) is 0 Å². The molecule has 1 aromatic carbocycles. The zero-order valence-corrected chi connectivity index (χ0v) is 12.3. The first-order valence-corrected chi connectivity index (χ1v) is 6.75. The molecular weight excluding hydrogens is 256 g/mol. The molecule has 0 heterocycles. The Balaban J connectivity index is 2.22. The molecule has 0 aliphatic heterocycles. The first-order valence-electron chi connectivity index (χ1n) is 6.75. The van der Waals surface area contributed by atoms with Crippen molar-refractivity contribution in [2.45, 2.75) is 39.2 Å². The van der Waals surface area contributed by atoms with Crippen LogP contribution in [0.15, 0.2) is 24.3 Å². The van der Waals surface area contributed by atoms with Gasteiger partial charge in [-0.3, -0.25) is 9.59 Å². The highest BCUT2D eigenvalue weighted by Gasteiger charge is 2.15. The van der Waals surface area contributed by atoms with Gasteiger partial charge in [0.2, 0.25) is 0 Å². The van der Waals surface area contributed by atoms with Gasteiger partial charge in [-0.1, -0.05) is 24.3 Å². The number of esters is 1. The number of ether oxygens (including phenoxy) is 2. The van der Waals surface area contributed by atoms with Crippen molar-refractivity contribution in [2.75, 3.05) is 13.2 Å². The summed E-state index contributed by atoms with van der Waals surface area (Å²) in [6.07, 6.45) is 1.74. The van der Waals surface area contributed by atoms with Crippen molar-refractivity contribution in [3.05, 3.63) is 35.4 Å². The normalized spacial score (nSPS) is 11.2. The number of hydrogen-bond acceptors (Lipinski definition) is 4. The van der Waals surface area contributed by atoms with E-state index in [4.69, 9.17) is 9.47 Å². The van der Waals surface area contributed by atoms with Crippen LogP contribution in [0.25, 0.3) is 0 Å². The van der Waals surface area contributed by atoms with Crippen molar-refractivity contribution < 1.29 is 19.1 Å². The molecule has 0 radical (unpaired) electrons. The molecule has 0 aliphatic rings. The second-order valence-corrected chi connectivity index (χ2v) is 5.52. The zero-order valence-electron chi connectivity index (χ0n) is 12.3. The summed E-state index contributed by atoms with van der Waals surface area (Å²) in [5.41, 5.74) is 1.18. The molecular formula is C16H22O4. The first-order chi connectivity index (χ1) is 9.42. The quantitative estimate of drug-likeness (QED) is 0.437. The molecule has 4 heteroatoms. The highest BCUT2D eigenvalue weighted by molar-refractivity contribution is 5.77. The highest BCUT2D eigenvalue weighted by atomic mass is 16.6. The van der Waals surface area contributed by atoms with Gasteiger partial charge in [0.1, 0.15) is 11.9 Å². The maximum Gasteiger partial charge on any atom is 0.308 e. The fraction of sp³-hybridized carbons (Fsp3) is 0.500. The van der Waals surface area contributed by atoms with Gasteiger partial charge in [0.25, 0.3) is 0 Å². The summed E-state index contributed by atoms with van der Waals surface area (Å²) in [6.45, 7) is 6.32. The number of benzene rings is 1. The molecule has 0 aromatic heterocycles. The van der Waals surface area contributed by atoms with Crippen molar-refractivity contribution >= 4 is 12.3 Å². The fourth-order valence-corrected chi connectivity index (χ4v) is 1.71. The van der Waals surface area contributed by atoms with E-state index in [2.05, 4.69) is 0 Å². The Kier molecular flexibility index (Phi) is 6.39. The molecule has 0 fully saturated rings. The van der Waals surface area contributed by atoms with E-state index in [0.29, 0.717) is 25.2 Å². The van der Waals surface area contributed by atoms with Crippen LogP contribution in [0.1, 0.15) is 43.1 Å². The Morgan fingerprint density at radius 1 is 1.20 bits per heavy atom. The topological polar surface area (TPSA) is 52.6 Å². The third kappa shape index (κ3) is 6.48. The van der Waals surface area contributed by atoms with Crippen LogP contribution in [0.3, 0.4) is 0 Å². The van der Waals surface area contributed by atoms with Crippen molar-refractivity contribution in [2.24, 2.45) is 0 Å². The van der Waals surface area contributed by atoms with Crippen molar-refractivity contribution in [3.63, 3.8) is 0 Å². The van der Waals surface area contributed by atoms with E-state index < -0.39 is 5.60 Å². The third-order valence-corrected chi connectivity index (χ3v) is 2.57. The monoisotopic (exact) mass is 278 g/mol. The summed E-state index contributed by atoms with van der Waals surface area (Å²) in [4.78, 5) is 22.3. The first kappa shape index (κ1) is 16.4. The summed E-state index contributed by atoms with van der Waals surface area (Å²) in [6, 6.07) is 7.41. The van der Waals surface area contributed by atoms with Crippen LogP contribution >= 0.6 is 0 Å². The Bertz CT molecular complexity index is 446. The molecule has 0 atom stereocenters. The highest BCUT2D eigenvalue weighted by Crippen LogP contribution is 2.09. The summed E-state index contributed by atoms with van der Waals surface area (Å²) in [5.74, 6) is -0.259. The van der Waals surface area contributed by atoms with Crippen LogP contribution in [0, 0.1) is 0 Å². The number of rotatable bonds is 7. The second kappa shape index (κ2) is 7.80. The number of hydrogen-bond donors (Lipinski definition) is 0. The van der Waals surface area contributed by atoms with Gasteiger partial charge in [-0.05, 0) is 32.8 Å². The van der Waals surface area contributed by atoms with Gasteiger partial charge in [-0.15, -0.1) is 0 Å². The molecule has 1 rings (SSSR count). The molecule has 110 valence electrons. The molecule has 0 saturated carbocycles. The van der Waals surface area contributed by atoms with Crippen LogP contribution in [0.2, 0.25) is 0 Å². The summed E-state index contributed by atoms with van der Waals surface area (Å²) < 4.78 is 10.6. The van der Waals surface area contributed by atoms with E-state index in [-0.39, 0.29) is 12.4 Å². The smallest absolute Gasteiger partial charge is 0.308 e. The minimum atomic E-state index is -0.458. The number of carbonyl (C=O) groups excluding carboxylic acids is 2. The average molecular weight is 278 g/mol. The van der Waals surface area contributed by atoms with E-state index in [1.807, 2.05) is 39.0 Å². The molecule has 0 N–H and O–H groups in total. The van der Waals surface area contributed by atoms with E-state index >= 15 is 0 Å². The van der Waals surface area contributed by atoms with Crippen LogP contribution in [-0.4, -0.2) is 31.1 Å². The van der Waals surface area contributed by atoms with Crippen LogP contribution in [0.5, 0.6) is 0 Å². The van der Waals surface area contributed by atoms with Gasteiger partial charge in [0.05, 0.1) is 19.6 Å². The molecule has 0 spiro atoms. The molecule has 0 aliphatic carbocycles. The van der Waals surface area contributed by atoms with E-state index in [1.54, 1.807) is 6.07 Å². The molecule has 0 amide bonds. The van der Waals surface area contributed by atoms with Crippen LogP contribution in [-0.2, 0) is 20.7 Å². The van der Waals surface area contributed by atoms with Gasteiger partial charge < -0.3 is 9.47 Å². The molecule has 1 aromatic rings. The van der Waals surface area contributed by atoms with E-state index in [1.165, 1.54) is 0 Å². The third-order valence-electron chi connectivity index (χ3n) is 2.57. The fourth-order valence-electron chi connectivity index (χ4n) is 1.71. The standard InChI is InChI=1S/C16H22O4/c1-16(2,3)20-15(18)9-11-19-10-8-13-6-4-5-7-14(13)12-17/h4-7,12H,8-11H2,1-3H3. The van der Waals surface area contributed by atoms with Crippen molar-refractivity contribution in [3.8, 4) is 0 Å². The zero-order chi connectivity index (χ0) is 15.0. The molecule has 4 nitrogen and oxygen atoms in total. The van der Waals surface area contributed by atoms with Crippen LogP contribution < -0.4 is 0 Å². The molecule has 0 bridgehead atoms.